The van der Waals surface area contributed by atoms with Crippen LogP contribution in [0.3, 0.4) is 0 Å². The van der Waals surface area contributed by atoms with Crippen LogP contribution < -0.4 is 10.6 Å². The Bertz CT molecular complexity index is 469. The number of anilines is 2. The zero-order chi connectivity index (χ0) is 14.9. The van der Waals surface area contributed by atoms with E-state index in [4.69, 9.17) is 5.73 Å². The van der Waals surface area contributed by atoms with Gasteiger partial charge in [0, 0.05) is 18.7 Å². The molecule has 0 atom stereocenters. The van der Waals surface area contributed by atoms with Crippen LogP contribution in [-0.4, -0.2) is 22.6 Å². The molecular weight excluding hydrogens is 269 g/mol. The monoisotopic (exact) mass is 288 g/mol. The lowest BCUT2D eigenvalue weighted by Crippen LogP contribution is -2.30. The molecule has 1 aliphatic rings. The average Bonchev–Trinajstić information content (AvgIpc) is 3.11. The maximum Gasteiger partial charge on any atom is 0.451 e. The molecule has 0 aliphatic heterocycles. The Hall–Kier alpha value is -1.53. The summed E-state index contributed by atoms with van der Waals surface area (Å²) in [6.07, 6.45) is -1.69. The Morgan fingerprint density at radius 3 is 2.50 bits per heavy atom. The SMILES string of the molecule is CC(C)CCN(c1cc(N)nc(C(F)(F)F)n1)C1CC1. The molecule has 2 rings (SSSR count). The summed E-state index contributed by atoms with van der Waals surface area (Å²) in [7, 11) is 0. The molecule has 1 aromatic rings. The van der Waals surface area contributed by atoms with Crippen molar-refractivity contribution < 1.29 is 13.2 Å². The smallest absolute Gasteiger partial charge is 0.384 e. The molecule has 0 radical (unpaired) electrons. The van der Waals surface area contributed by atoms with Crippen LogP contribution in [0.5, 0.6) is 0 Å². The Labute approximate surface area is 116 Å². The molecule has 1 aromatic heterocycles. The van der Waals surface area contributed by atoms with Gasteiger partial charge in [0.05, 0.1) is 0 Å². The number of aromatic nitrogens is 2. The van der Waals surface area contributed by atoms with Gasteiger partial charge >= 0.3 is 6.18 Å². The van der Waals surface area contributed by atoms with E-state index in [9.17, 15) is 13.2 Å². The summed E-state index contributed by atoms with van der Waals surface area (Å²) in [5.41, 5.74) is 5.49. The number of rotatable bonds is 5. The van der Waals surface area contributed by atoms with Crippen molar-refractivity contribution in [1.29, 1.82) is 0 Å². The van der Waals surface area contributed by atoms with E-state index in [-0.39, 0.29) is 17.7 Å². The maximum atomic E-state index is 12.7. The van der Waals surface area contributed by atoms with E-state index in [1.807, 2.05) is 4.90 Å². The number of hydrogen-bond acceptors (Lipinski definition) is 4. The van der Waals surface area contributed by atoms with Crippen LogP contribution in [0.1, 0.15) is 38.9 Å². The lowest BCUT2D eigenvalue weighted by Gasteiger charge is -2.25. The fraction of sp³-hybridized carbons (Fsp3) is 0.692. The minimum absolute atomic E-state index is 0.141. The first-order chi connectivity index (χ1) is 9.27. The van der Waals surface area contributed by atoms with Gasteiger partial charge in [-0.05, 0) is 25.2 Å². The van der Waals surface area contributed by atoms with E-state index in [1.54, 1.807) is 0 Å². The van der Waals surface area contributed by atoms with E-state index in [0.717, 1.165) is 19.3 Å². The van der Waals surface area contributed by atoms with E-state index >= 15 is 0 Å². The van der Waals surface area contributed by atoms with Gasteiger partial charge in [-0.3, -0.25) is 0 Å². The average molecular weight is 288 g/mol. The van der Waals surface area contributed by atoms with E-state index in [1.165, 1.54) is 6.07 Å². The second-order valence-electron chi connectivity index (χ2n) is 5.58. The Kier molecular flexibility index (Phi) is 4.06. The first-order valence-corrected chi connectivity index (χ1v) is 6.75. The molecule has 0 unspecified atom stereocenters. The van der Waals surface area contributed by atoms with Crippen molar-refractivity contribution in [3.05, 3.63) is 11.9 Å². The van der Waals surface area contributed by atoms with Gasteiger partial charge in [-0.2, -0.15) is 13.2 Å². The quantitative estimate of drug-likeness (QED) is 0.904. The van der Waals surface area contributed by atoms with Crippen LogP contribution in [0.2, 0.25) is 0 Å². The van der Waals surface area contributed by atoms with Gasteiger partial charge in [-0.1, -0.05) is 13.8 Å². The second-order valence-corrected chi connectivity index (χ2v) is 5.58. The third kappa shape index (κ3) is 3.74. The van der Waals surface area contributed by atoms with Crippen molar-refractivity contribution in [1.82, 2.24) is 9.97 Å². The summed E-state index contributed by atoms with van der Waals surface area (Å²) >= 11 is 0. The largest absolute Gasteiger partial charge is 0.451 e. The lowest BCUT2D eigenvalue weighted by molar-refractivity contribution is -0.144. The first kappa shape index (κ1) is 14.9. The zero-order valence-electron chi connectivity index (χ0n) is 11.6. The minimum Gasteiger partial charge on any atom is -0.384 e. The first-order valence-electron chi connectivity index (χ1n) is 6.75. The molecule has 1 heterocycles. The van der Waals surface area contributed by atoms with Crippen LogP contribution in [-0.2, 0) is 6.18 Å². The highest BCUT2D eigenvalue weighted by Gasteiger charge is 2.37. The van der Waals surface area contributed by atoms with E-state index in [0.29, 0.717) is 12.5 Å². The van der Waals surface area contributed by atoms with E-state index < -0.39 is 12.0 Å². The number of hydrogen-bond donors (Lipinski definition) is 1. The number of nitrogens with two attached hydrogens (primary N) is 1. The molecule has 0 spiro atoms. The Morgan fingerprint density at radius 2 is 2.00 bits per heavy atom. The highest BCUT2D eigenvalue weighted by atomic mass is 19.4. The summed E-state index contributed by atoms with van der Waals surface area (Å²) in [6, 6.07) is 1.71. The molecule has 1 aliphatic carbocycles. The van der Waals surface area contributed by atoms with Crippen LogP contribution in [0.15, 0.2) is 6.07 Å². The van der Waals surface area contributed by atoms with Crippen molar-refractivity contribution in [3.8, 4) is 0 Å². The van der Waals surface area contributed by atoms with E-state index in [2.05, 4.69) is 23.8 Å². The van der Waals surface area contributed by atoms with Gasteiger partial charge in [-0.25, -0.2) is 9.97 Å². The second kappa shape index (κ2) is 5.46. The standard InChI is InChI=1S/C13H19F3N4/c1-8(2)5-6-20(9-3-4-9)11-7-10(17)18-12(19-11)13(14,15)16/h7-9H,3-6H2,1-2H3,(H2,17,18,19). The van der Waals surface area contributed by atoms with Gasteiger partial charge in [0.2, 0.25) is 5.82 Å². The fourth-order valence-corrected chi connectivity index (χ4v) is 1.99. The third-order valence-electron chi connectivity index (χ3n) is 3.22. The van der Waals surface area contributed by atoms with Crippen LogP contribution in [0.4, 0.5) is 24.8 Å². The molecule has 0 amide bonds. The van der Waals surface area contributed by atoms with Crippen molar-refractivity contribution in [2.24, 2.45) is 5.92 Å². The predicted molar refractivity (Wildman–Crippen MR) is 71.3 cm³/mol. The number of nitrogen functional groups attached to an aromatic ring is 1. The Balaban J connectivity index is 2.26. The van der Waals surface area contributed by atoms with Crippen LogP contribution in [0, 0.1) is 5.92 Å². The van der Waals surface area contributed by atoms with Gasteiger partial charge in [0.15, 0.2) is 0 Å². The molecule has 20 heavy (non-hydrogen) atoms. The maximum absolute atomic E-state index is 12.7. The number of halogens is 3. The zero-order valence-corrected chi connectivity index (χ0v) is 11.6. The Morgan fingerprint density at radius 1 is 1.35 bits per heavy atom. The van der Waals surface area contributed by atoms with Gasteiger partial charge < -0.3 is 10.6 Å². The van der Waals surface area contributed by atoms with Crippen molar-refractivity contribution in [2.75, 3.05) is 17.2 Å². The molecule has 7 heteroatoms. The fourth-order valence-electron chi connectivity index (χ4n) is 1.99. The normalized spacial score (nSPS) is 15.7. The molecule has 0 aromatic carbocycles. The molecule has 112 valence electrons. The van der Waals surface area contributed by atoms with Crippen LogP contribution >= 0.6 is 0 Å². The highest BCUT2D eigenvalue weighted by molar-refractivity contribution is 5.49. The topological polar surface area (TPSA) is 55.0 Å². The summed E-state index contributed by atoms with van der Waals surface area (Å²) in [5, 5.41) is 0. The van der Waals surface area contributed by atoms with Gasteiger partial charge in [0.25, 0.3) is 0 Å². The predicted octanol–water partition coefficient (Wildman–Crippen LogP) is 3.09. The van der Waals surface area contributed by atoms with Crippen LogP contribution in [0.25, 0.3) is 0 Å². The molecule has 0 saturated heterocycles. The van der Waals surface area contributed by atoms with Gasteiger partial charge in [-0.15, -0.1) is 0 Å². The number of nitrogens with zero attached hydrogens (tertiary/aromatic N) is 3. The summed E-state index contributed by atoms with van der Waals surface area (Å²) in [4.78, 5) is 8.86. The molecular formula is C13H19F3N4. The molecule has 1 saturated carbocycles. The van der Waals surface area contributed by atoms with Crippen molar-refractivity contribution in [3.63, 3.8) is 0 Å². The summed E-state index contributed by atoms with van der Waals surface area (Å²) in [6.45, 7) is 4.86. The van der Waals surface area contributed by atoms with Crippen molar-refractivity contribution in [2.45, 2.75) is 45.3 Å². The number of alkyl halides is 3. The molecule has 1 fully saturated rings. The minimum atomic E-state index is -4.57. The highest BCUT2D eigenvalue weighted by Crippen LogP contribution is 2.34. The van der Waals surface area contributed by atoms with Gasteiger partial charge in [0.1, 0.15) is 11.6 Å². The van der Waals surface area contributed by atoms with Crippen molar-refractivity contribution >= 4 is 11.6 Å². The summed E-state index contributed by atoms with van der Waals surface area (Å²) in [5.74, 6) is -0.536. The molecule has 2 N–H and O–H groups in total. The molecule has 0 bridgehead atoms. The molecule has 4 nitrogen and oxygen atoms in total. The third-order valence-corrected chi connectivity index (χ3v) is 3.22. The lowest BCUT2D eigenvalue weighted by atomic mass is 10.1. The summed E-state index contributed by atoms with van der Waals surface area (Å²) < 4.78 is 38.2.